The van der Waals surface area contributed by atoms with Crippen LogP contribution in [-0.4, -0.2) is 15.8 Å². The Kier molecular flexibility index (Phi) is 3.46. The molecule has 0 unspecified atom stereocenters. The predicted octanol–water partition coefficient (Wildman–Crippen LogP) is 3.98. The third-order valence-corrected chi connectivity index (χ3v) is 4.94. The summed E-state index contributed by atoms with van der Waals surface area (Å²) in [6, 6.07) is 3.16. The Morgan fingerprint density at radius 2 is 2.00 bits per heavy atom. The molecule has 0 radical (unpaired) electrons. The van der Waals surface area contributed by atoms with E-state index >= 15 is 0 Å². The van der Waals surface area contributed by atoms with Crippen molar-refractivity contribution >= 4 is 0 Å². The number of nitrogens with zero attached hydrogens (tertiary/aromatic N) is 2. The highest BCUT2D eigenvalue weighted by Crippen LogP contribution is 2.40. The first kappa shape index (κ1) is 15.6. The Bertz CT molecular complexity index is 794. The number of rotatable bonds is 1. The zero-order valence-electron chi connectivity index (χ0n) is 13.1. The predicted molar refractivity (Wildman–Crippen MR) is 80.8 cm³/mol. The number of aromatic nitrogens is 2. The van der Waals surface area contributed by atoms with E-state index in [1.54, 1.807) is 11.7 Å². The quantitative estimate of drug-likeness (QED) is 0.797. The van der Waals surface area contributed by atoms with Crippen LogP contribution in [0.2, 0.25) is 0 Å². The Balaban J connectivity index is 1.87. The molecule has 2 aliphatic heterocycles. The lowest BCUT2D eigenvalue weighted by Crippen LogP contribution is -2.42. The minimum Gasteiger partial charge on any atom is -0.305 e. The summed E-state index contributed by atoms with van der Waals surface area (Å²) in [5.74, 6) is -0.885. The van der Waals surface area contributed by atoms with E-state index in [9.17, 15) is 17.6 Å². The molecule has 0 amide bonds. The van der Waals surface area contributed by atoms with E-state index in [1.807, 2.05) is 0 Å². The molecule has 2 aromatic rings. The molecule has 24 heavy (non-hydrogen) atoms. The van der Waals surface area contributed by atoms with E-state index in [2.05, 4.69) is 10.4 Å². The summed E-state index contributed by atoms with van der Waals surface area (Å²) in [4.78, 5) is 0. The van der Waals surface area contributed by atoms with Gasteiger partial charge < -0.3 is 5.32 Å². The minimum absolute atomic E-state index is 0.142. The molecule has 1 aromatic heterocycles. The van der Waals surface area contributed by atoms with Gasteiger partial charge in [-0.05, 0) is 43.9 Å². The van der Waals surface area contributed by atoms with Gasteiger partial charge in [-0.3, -0.25) is 4.68 Å². The molecular weight excluding hydrogens is 322 g/mol. The first-order chi connectivity index (χ1) is 11.3. The maximum atomic E-state index is 13.8. The van der Waals surface area contributed by atoms with Crippen LogP contribution in [0.3, 0.4) is 0 Å². The van der Waals surface area contributed by atoms with Gasteiger partial charge in [0, 0.05) is 24.2 Å². The molecule has 2 aliphatic rings. The van der Waals surface area contributed by atoms with E-state index in [0.29, 0.717) is 24.2 Å². The van der Waals surface area contributed by atoms with Gasteiger partial charge in [-0.25, -0.2) is 4.39 Å². The standard InChI is InChI=1S/C17H17F4N3/c1-24-16(9-5-10(17(19,20)21)7-11(18)6-9)13-8-12-3-2-4-14(22-12)15(13)23-24/h5-7,12,14,22H,2-4,8H2,1H3/t12-,14+/m1/s1. The Hall–Kier alpha value is -1.89. The van der Waals surface area contributed by atoms with Crippen molar-refractivity contribution in [3.63, 3.8) is 0 Å². The van der Waals surface area contributed by atoms with Crippen molar-refractivity contribution in [1.82, 2.24) is 15.1 Å². The van der Waals surface area contributed by atoms with Gasteiger partial charge in [0.05, 0.1) is 23.0 Å². The van der Waals surface area contributed by atoms with E-state index < -0.39 is 17.6 Å². The van der Waals surface area contributed by atoms with Crippen LogP contribution >= 0.6 is 0 Å². The van der Waals surface area contributed by atoms with Crippen molar-refractivity contribution in [2.45, 2.75) is 43.9 Å². The Labute approximate surface area is 136 Å². The first-order valence-electron chi connectivity index (χ1n) is 8.03. The lowest BCUT2D eigenvalue weighted by Gasteiger charge is -2.35. The molecule has 3 heterocycles. The van der Waals surface area contributed by atoms with Crippen LogP contribution in [0.25, 0.3) is 11.3 Å². The molecule has 7 heteroatoms. The van der Waals surface area contributed by atoms with Gasteiger partial charge in [-0.1, -0.05) is 0 Å². The maximum absolute atomic E-state index is 13.8. The number of hydrogen-bond donors (Lipinski definition) is 1. The lowest BCUT2D eigenvalue weighted by molar-refractivity contribution is -0.137. The molecular formula is C17H17F4N3. The normalized spacial score (nSPS) is 23.2. The molecule has 3 nitrogen and oxygen atoms in total. The second-order valence-electron chi connectivity index (χ2n) is 6.61. The van der Waals surface area contributed by atoms with Gasteiger partial charge in [-0.15, -0.1) is 0 Å². The summed E-state index contributed by atoms with van der Waals surface area (Å²) in [7, 11) is 1.70. The minimum atomic E-state index is -4.58. The number of nitrogens with one attached hydrogen (secondary N) is 1. The highest BCUT2D eigenvalue weighted by Gasteiger charge is 2.36. The van der Waals surface area contributed by atoms with E-state index in [-0.39, 0.29) is 11.6 Å². The first-order valence-corrected chi connectivity index (χ1v) is 8.03. The van der Waals surface area contributed by atoms with Crippen molar-refractivity contribution in [3.05, 3.63) is 40.8 Å². The number of hydrogen-bond acceptors (Lipinski definition) is 2. The van der Waals surface area contributed by atoms with Crippen LogP contribution in [0, 0.1) is 5.82 Å². The van der Waals surface area contributed by atoms with Crippen molar-refractivity contribution in [2.24, 2.45) is 7.05 Å². The molecule has 0 spiro atoms. The van der Waals surface area contributed by atoms with Crippen LogP contribution in [0.15, 0.2) is 18.2 Å². The van der Waals surface area contributed by atoms with Crippen LogP contribution < -0.4 is 5.32 Å². The van der Waals surface area contributed by atoms with Crippen LogP contribution in [0.1, 0.15) is 42.1 Å². The molecule has 4 rings (SSSR count). The number of piperidine rings is 1. The van der Waals surface area contributed by atoms with Gasteiger partial charge in [0.1, 0.15) is 5.82 Å². The number of fused-ring (bicyclic) bond motifs is 4. The third kappa shape index (κ3) is 2.51. The highest BCUT2D eigenvalue weighted by molar-refractivity contribution is 5.67. The smallest absolute Gasteiger partial charge is 0.305 e. The second kappa shape index (κ2) is 5.31. The zero-order valence-corrected chi connectivity index (χ0v) is 13.1. The fourth-order valence-electron chi connectivity index (χ4n) is 3.96. The van der Waals surface area contributed by atoms with E-state index in [1.165, 1.54) is 0 Å². The zero-order chi connectivity index (χ0) is 17.1. The average Bonchev–Trinajstić information content (AvgIpc) is 2.82. The number of halogens is 4. The van der Waals surface area contributed by atoms with Crippen LogP contribution in [-0.2, 0) is 19.6 Å². The largest absolute Gasteiger partial charge is 0.416 e. The van der Waals surface area contributed by atoms with Gasteiger partial charge in [0.15, 0.2) is 0 Å². The molecule has 0 aliphatic carbocycles. The summed E-state index contributed by atoms with van der Waals surface area (Å²) in [5, 5.41) is 8.04. The number of aryl methyl sites for hydroxylation is 1. The fourth-order valence-corrected chi connectivity index (χ4v) is 3.96. The third-order valence-electron chi connectivity index (χ3n) is 4.94. The van der Waals surface area contributed by atoms with Gasteiger partial charge >= 0.3 is 6.18 Å². The van der Waals surface area contributed by atoms with Crippen molar-refractivity contribution in [3.8, 4) is 11.3 Å². The Morgan fingerprint density at radius 1 is 1.21 bits per heavy atom. The van der Waals surface area contributed by atoms with E-state index in [4.69, 9.17) is 0 Å². The molecule has 1 aromatic carbocycles. The topological polar surface area (TPSA) is 29.9 Å². The summed E-state index contributed by atoms with van der Waals surface area (Å²) in [6.07, 6.45) is -0.732. The monoisotopic (exact) mass is 339 g/mol. The summed E-state index contributed by atoms with van der Waals surface area (Å²) in [5.41, 5.74) is 1.69. The molecule has 128 valence electrons. The average molecular weight is 339 g/mol. The molecule has 1 N–H and O–H groups in total. The summed E-state index contributed by atoms with van der Waals surface area (Å²) in [6.45, 7) is 0. The molecule has 1 fully saturated rings. The lowest BCUT2D eigenvalue weighted by atomic mass is 9.84. The van der Waals surface area contributed by atoms with Crippen LogP contribution in [0.5, 0.6) is 0 Å². The highest BCUT2D eigenvalue weighted by atomic mass is 19.4. The fraction of sp³-hybridized carbons (Fsp3) is 0.471. The van der Waals surface area contributed by atoms with Gasteiger partial charge in [-0.2, -0.15) is 18.3 Å². The SMILES string of the molecule is Cn1nc2c(c1-c1cc(F)cc(C(F)(F)F)c1)C[C@H]1CCC[C@@H]2N1. The Morgan fingerprint density at radius 3 is 2.75 bits per heavy atom. The molecule has 1 saturated heterocycles. The van der Waals surface area contributed by atoms with Gasteiger partial charge in [0.2, 0.25) is 0 Å². The molecule has 0 saturated carbocycles. The summed E-state index contributed by atoms with van der Waals surface area (Å²) >= 11 is 0. The second-order valence-corrected chi connectivity index (χ2v) is 6.61. The van der Waals surface area contributed by atoms with E-state index in [0.717, 1.165) is 42.7 Å². The van der Waals surface area contributed by atoms with Crippen molar-refractivity contribution in [1.29, 1.82) is 0 Å². The maximum Gasteiger partial charge on any atom is 0.416 e. The number of alkyl halides is 3. The van der Waals surface area contributed by atoms with Crippen molar-refractivity contribution < 1.29 is 17.6 Å². The summed E-state index contributed by atoms with van der Waals surface area (Å²) < 4.78 is 54.4. The van der Waals surface area contributed by atoms with Crippen LogP contribution in [0.4, 0.5) is 17.6 Å². The number of benzene rings is 1. The molecule has 2 atom stereocenters. The van der Waals surface area contributed by atoms with Crippen molar-refractivity contribution in [2.75, 3.05) is 0 Å². The molecule has 2 bridgehead atoms. The van der Waals surface area contributed by atoms with Gasteiger partial charge in [0.25, 0.3) is 0 Å².